The summed E-state index contributed by atoms with van der Waals surface area (Å²) in [6.45, 7) is 5.66. The van der Waals surface area contributed by atoms with Crippen molar-refractivity contribution in [2.24, 2.45) is 0 Å². The van der Waals surface area contributed by atoms with Gasteiger partial charge in [-0.1, -0.05) is 0 Å². The summed E-state index contributed by atoms with van der Waals surface area (Å²) in [5.41, 5.74) is -0.831. The summed E-state index contributed by atoms with van der Waals surface area (Å²) in [6.07, 6.45) is 1.66. The largest absolute Gasteiger partial charge is 0.381 e. The Kier molecular flexibility index (Phi) is 3.71. The molecule has 3 heterocycles. The van der Waals surface area contributed by atoms with E-state index in [4.69, 9.17) is 4.74 Å². The number of rotatable bonds is 3. The van der Waals surface area contributed by atoms with Gasteiger partial charge in [-0.25, -0.2) is 4.98 Å². The summed E-state index contributed by atoms with van der Waals surface area (Å²) < 4.78 is 7.09. The van der Waals surface area contributed by atoms with E-state index in [0.29, 0.717) is 24.7 Å². The van der Waals surface area contributed by atoms with Gasteiger partial charge in [0.25, 0.3) is 5.91 Å². The fraction of sp³-hybridized carbons (Fsp3) is 0.500. The first-order chi connectivity index (χ1) is 10.4. The number of aliphatic hydroxyl groups is 1. The number of fused-ring (bicyclic) bond motifs is 1. The highest BCUT2D eigenvalue weighted by atomic mass is 16.5. The van der Waals surface area contributed by atoms with E-state index in [2.05, 4.69) is 20.3 Å². The summed E-state index contributed by atoms with van der Waals surface area (Å²) in [4.78, 5) is 18.4. The predicted octanol–water partition coefficient (Wildman–Crippen LogP) is 0.275. The Hall–Kier alpha value is -2.19. The Labute approximate surface area is 127 Å². The quantitative estimate of drug-likeness (QED) is 0.846. The van der Waals surface area contributed by atoms with Crippen molar-refractivity contribution in [1.82, 2.24) is 14.6 Å². The molecule has 8 nitrogen and oxygen atoms in total. The van der Waals surface area contributed by atoms with Gasteiger partial charge in [0.05, 0.1) is 19.4 Å². The molecule has 2 N–H and O–H groups in total. The highest BCUT2D eigenvalue weighted by Gasteiger charge is 2.25. The Morgan fingerprint density at radius 2 is 2.14 bits per heavy atom. The molecule has 1 saturated heterocycles. The Balaban J connectivity index is 1.96. The molecule has 1 fully saturated rings. The lowest BCUT2D eigenvalue weighted by Gasteiger charge is -2.29. The maximum atomic E-state index is 11.9. The molecule has 0 unspecified atom stereocenters. The van der Waals surface area contributed by atoms with E-state index < -0.39 is 11.5 Å². The van der Waals surface area contributed by atoms with Gasteiger partial charge in [0.15, 0.2) is 5.65 Å². The van der Waals surface area contributed by atoms with Crippen molar-refractivity contribution in [3.8, 4) is 0 Å². The molecular formula is C14H19N5O3. The van der Waals surface area contributed by atoms with Crippen LogP contribution in [0.3, 0.4) is 0 Å². The molecule has 118 valence electrons. The summed E-state index contributed by atoms with van der Waals surface area (Å²) >= 11 is 0. The lowest BCUT2D eigenvalue weighted by Crippen LogP contribution is -2.38. The maximum Gasteiger partial charge on any atom is 0.256 e. The number of ether oxygens (including phenoxy) is 1. The Morgan fingerprint density at radius 3 is 2.82 bits per heavy atom. The maximum absolute atomic E-state index is 11.9. The fourth-order valence-electron chi connectivity index (χ4n) is 2.25. The number of nitrogens with zero attached hydrogens (tertiary/aromatic N) is 4. The molecule has 3 rings (SSSR count). The number of anilines is 2. The van der Waals surface area contributed by atoms with Crippen LogP contribution in [0.25, 0.3) is 5.65 Å². The predicted molar refractivity (Wildman–Crippen MR) is 80.9 cm³/mol. The first kappa shape index (κ1) is 14.7. The smallest absolute Gasteiger partial charge is 0.256 e. The van der Waals surface area contributed by atoms with Gasteiger partial charge in [-0.3, -0.25) is 4.79 Å². The number of hydrogen-bond acceptors (Lipinski definition) is 6. The number of carbonyl (C=O) groups excluding carboxylic acids is 1. The minimum atomic E-state index is -1.47. The normalized spacial score (nSPS) is 16.0. The van der Waals surface area contributed by atoms with Crippen LogP contribution >= 0.6 is 0 Å². The van der Waals surface area contributed by atoms with Crippen LogP contribution in [-0.2, 0) is 9.53 Å². The van der Waals surface area contributed by atoms with Crippen LogP contribution in [0.5, 0.6) is 0 Å². The van der Waals surface area contributed by atoms with Crippen LogP contribution in [0.4, 0.5) is 11.6 Å². The molecule has 0 saturated carbocycles. The van der Waals surface area contributed by atoms with Gasteiger partial charge >= 0.3 is 0 Å². The van der Waals surface area contributed by atoms with E-state index in [1.807, 2.05) is 0 Å². The third-order valence-electron chi connectivity index (χ3n) is 3.47. The zero-order chi connectivity index (χ0) is 15.7. The van der Waals surface area contributed by atoms with Gasteiger partial charge < -0.3 is 20.1 Å². The molecule has 0 spiro atoms. The SMILES string of the molecule is CC(C)(O)C(=O)Nc1cc(N2CCOCC2)n2nccc2n1. The van der Waals surface area contributed by atoms with Crippen molar-refractivity contribution in [1.29, 1.82) is 0 Å². The second-order valence-corrected chi connectivity index (χ2v) is 5.71. The van der Waals surface area contributed by atoms with E-state index in [1.165, 1.54) is 13.8 Å². The monoisotopic (exact) mass is 305 g/mol. The number of carbonyl (C=O) groups is 1. The Morgan fingerprint density at radius 1 is 1.41 bits per heavy atom. The van der Waals surface area contributed by atoms with Crippen LogP contribution in [0.2, 0.25) is 0 Å². The molecule has 0 aliphatic carbocycles. The van der Waals surface area contributed by atoms with Crippen LogP contribution < -0.4 is 10.2 Å². The first-order valence-electron chi connectivity index (χ1n) is 7.16. The fourth-order valence-corrected chi connectivity index (χ4v) is 2.25. The number of nitrogens with one attached hydrogen (secondary N) is 1. The van der Waals surface area contributed by atoms with Crippen molar-refractivity contribution < 1.29 is 14.6 Å². The topological polar surface area (TPSA) is 92.0 Å². The molecule has 2 aromatic heterocycles. The lowest BCUT2D eigenvalue weighted by molar-refractivity contribution is -0.130. The Bertz CT molecular complexity index is 685. The third-order valence-corrected chi connectivity index (χ3v) is 3.47. The van der Waals surface area contributed by atoms with Gasteiger partial charge in [0, 0.05) is 25.2 Å². The van der Waals surface area contributed by atoms with Crippen molar-refractivity contribution in [2.75, 3.05) is 36.5 Å². The van der Waals surface area contributed by atoms with E-state index >= 15 is 0 Å². The van der Waals surface area contributed by atoms with E-state index in [0.717, 1.165) is 18.9 Å². The minimum absolute atomic E-state index is 0.390. The molecule has 0 atom stereocenters. The minimum Gasteiger partial charge on any atom is -0.381 e. The number of aromatic nitrogens is 3. The number of amides is 1. The average Bonchev–Trinajstić information content (AvgIpc) is 2.94. The standard InChI is InChI=1S/C14H19N5O3/c1-14(2,21)13(20)17-10-9-12(18-5-7-22-8-6-18)19-11(16-10)3-4-15-19/h3-4,9,21H,5-8H2,1-2H3,(H,16,17,20). The molecule has 1 aliphatic heterocycles. The van der Waals surface area contributed by atoms with E-state index in [-0.39, 0.29) is 0 Å². The second kappa shape index (κ2) is 5.54. The van der Waals surface area contributed by atoms with Crippen molar-refractivity contribution in [2.45, 2.75) is 19.4 Å². The van der Waals surface area contributed by atoms with E-state index in [9.17, 15) is 9.90 Å². The van der Waals surface area contributed by atoms with Crippen molar-refractivity contribution in [3.63, 3.8) is 0 Å². The molecule has 2 aromatic rings. The average molecular weight is 305 g/mol. The van der Waals surface area contributed by atoms with Crippen molar-refractivity contribution >= 4 is 23.2 Å². The molecule has 0 bridgehead atoms. The molecule has 0 radical (unpaired) electrons. The van der Waals surface area contributed by atoms with Crippen LogP contribution in [0.1, 0.15) is 13.8 Å². The second-order valence-electron chi connectivity index (χ2n) is 5.71. The zero-order valence-corrected chi connectivity index (χ0v) is 12.6. The molecular weight excluding hydrogens is 286 g/mol. The molecule has 1 amide bonds. The lowest BCUT2D eigenvalue weighted by atomic mass is 10.1. The van der Waals surface area contributed by atoms with Gasteiger partial charge in [-0.15, -0.1) is 0 Å². The molecule has 1 aliphatic rings. The number of hydrogen-bond donors (Lipinski definition) is 2. The summed E-state index contributed by atoms with van der Waals surface area (Å²) in [7, 11) is 0. The molecule has 8 heteroatoms. The zero-order valence-electron chi connectivity index (χ0n) is 12.6. The van der Waals surface area contributed by atoms with Gasteiger partial charge in [-0.2, -0.15) is 9.61 Å². The number of morpholine rings is 1. The summed E-state index contributed by atoms with van der Waals surface area (Å²) in [5, 5.41) is 16.7. The third kappa shape index (κ3) is 2.88. The molecule has 22 heavy (non-hydrogen) atoms. The van der Waals surface area contributed by atoms with Crippen LogP contribution in [0, 0.1) is 0 Å². The van der Waals surface area contributed by atoms with Crippen LogP contribution in [-0.4, -0.2) is 57.5 Å². The van der Waals surface area contributed by atoms with Gasteiger partial charge in [-0.05, 0) is 13.8 Å². The summed E-state index contributed by atoms with van der Waals surface area (Å²) in [6, 6.07) is 3.53. The highest BCUT2D eigenvalue weighted by molar-refractivity contribution is 5.96. The van der Waals surface area contributed by atoms with Crippen molar-refractivity contribution in [3.05, 3.63) is 18.3 Å². The first-order valence-corrected chi connectivity index (χ1v) is 7.16. The van der Waals surface area contributed by atoms with Gasteiger partial charge in [0.1, 0.15) is 17.2 Å². The van der Waals surface area contributed by atoms with E-state index in [1.54, 1.807) is 22.8 Å². The van der Waals surface area contributed by atoms with Crippen LogP contribution in [0.15, 0.2) is 18.3 Å². The highest BCUT2D eigenvalue weighted by Crippen LogP contribution is 2.21. The van der Waals surface area contributed by atoms with Gasteiger partial charge in [0.2, 0.25) is 0 Å². The summed E-state index contributed by atoms with van der Waals surface area (Å²) in [5.74, 6) is 0.725. The molecule has 0 aromatic carbocycles.